The number of rotatable bonds is 4. The molecule has 6 rings (SSSR count). The fourth-order valence-electron chi connectivity index (χ4n) is 5.29. The zero-order valence-electron chi connectivity index (χ0n) is 15.4. The van der Waals surface area contributed by atoms with E-state index in [-0.39, 0.29) is 30.5 Å². The van der Waals surface area contributed by atoms with E-state index in [4.69, 9.17) is 10.1 Å². The lowest BCUT2D eigenvalue weighted by atomic mass is 9.60. The molecule has 6 nitrogen and oxygen atoms in total. The number of alkyl halides is 2. The van der Waals surface area contributed by atoms with Gasteiger partial charge in [-0.25, -0.2) is 4.98 Å². The van der Waals surface area contributed by atoms with Crippen LogP contribution in [0.1, 0.15) is 43.9 Å². The third kappa shape index (κ3) is 2.59. The Kier molecular flexibility index (Phi) is 3.65. The minimum Gasteiger partial charge on any atom is -0.481 e. The summed E-state index contributed by atoms with van der Waals surface area (Å²) in [5, 5.41) is 9.10. The first-order valence-electron chi connectivity index (χ1n) is 9.86. The third-order valence-corrected chi connectivity index (χ3v) is 7.02. The summed E-state index contributed by atoms with van der Waals surface area (Å²) in [6, 6.07) is 0.278. The van der Waals surface area contributed by atoms with E-state index < -0.39 is 11.9 Å². The quantitative estimate of drug-likeness (QED) is 0.869. The van der Waals surface area contributed by atoms with Crippen molar-refractivity contribution in [2.45, 2.75) is 51.0 Å². The minimum absolute atomic E-state index is 0.0945. The van der Waals surface area contributed by atoms with E-state index in [1.165, 1.54) is 0 Å². The number of fused-ring (bicyclic) bond motifs is 3. The van der Waals surface area contributed by atoms with Crippen LogP contribution >= 0.6 is 0 Å². The van der Waals surface area contributed by atoms with Crippen LogP contribution in [0.25, 0.3) is 0 Å². The summed E-state index contributed by atoms with van der Waals surface area (Å²) in [6.07, 6.45) is 2.37. The van der Waals surface area contributed by atoms with Crippen LogP contribution in [0, 0.1) is 17.8 Å². The SMILES string of the molecule is C[C@H]1CCN1c1nc(N2C[C@H]3C[C@@H](C2)C3CC(=O)O)c2c(n1)C(F)(F)CC2. The van der Waals surface area contributed by atoms with Crippen LogP contribution in [0.5, 0.6) is 0 Å². The van der Waals surface area contributed by atoms with E-state index in [1.807, 2.05) is 4.90 Å². The van der Waals surface area contributed by atoms with Gasteiger partial charge in [-0.15, -0.1) is 0 Å². The summed E-state index contributed by atoms with van der Waals surface area (Å²) >= 11 is 0. The monoisotopic (exact) mass is 378 g/mol. The first-order valence-corrected chi connectivity index (χ1v) is 9.86. The van der Waals surface area contributed by atoms with Gasteiger partial charge in [-0.1, -0.05) is 0 Å². The van der Waals surface area contributed by atoms with Crippen molar-refractivity contribution in [3.63, 3.8) is 0 Å². The number of carbonyl (C=O) groups is 1. The normalized spacial score (nSPS) is 33.3. The van der Waals surface area contributed by atoms with Crippen molar-refractivity contribution in [2.24, 2.45) is 17.8 Å². The van der Waals surface area contributed by atoms with Gasteiger partial charge in [0.1, 0.15) is 11.5 Å². The molecule has 1 N–H and O–H groups in total. The number of nitrogens with zero attached hydrogens (tertiary/aromatic N) is 4. The van der Waals surface area contributed by atoms with E-state index in [0.717, 1.165) is 19.4 Å². The molecular weight excluding hydrogens is 354 g/mol. The minimum atomic E-state index is -2.89. The van der Waals surface area contributed by atoms with E-state index in [0.29, 0.717) is 48.7 Å². The fourth-order valence-corrected chi connectivity index (χ4v) is 5.29. The average Bonchev–Trinajstić information content (AvgIpc) is 2.93. The highest BCUT2D eigenvalue weighted by atomic mass is 19.3. The number of carboxylic acids is 1. The van der Waals surface area contributed by atoms with Crippen molar-refractivity contribution in [1.29, 1.82) is 0 Å². The lowest BCUT2D eigenvalue weighted by Gasteiger charge is -2.54. The summed E-state index contributed by atoms with van der Waals surface area (Å²) in [5.41, 5.74) is 0.496. The molecule has 4 atom stereocenters. The molecule has 1 aromatic rings. The Morgan fingerprint density at radius 3 is 2.63 bits per heavy atom. The van der Waals surface area contributed by atoms with E-state index in [2.05, 4.69) is 16.8 Å². The Hall–Kier alpha value is -1.99. The number of anilines is 2. The van der Waals surface area contributed by atoms with Gasteiger partial charge in [-0.2, -0.15) is 13.8 Å². The summed E-state index contributed by atoms with van der Waals surface area (Å²) in [4.78, 5) is 24.2. The second-order valence-corrected chi connectivity index (χ2v) is 8.63. The van der Waals surface area contributed by atoms with Gasteiger partial charge in [0.25, 0.3) is 5.92 Å². The molecule has 3 aliphatic heterocycles. The Balaban J connectivity index is 1.47. The van der Waals surface area contributed by atoms with Crippen LogP contribution in [0.2, 0.25) is 0 Å². The van der Waals surface area contributed by atoms with E-state index >= 15 is 0 Å². The van der Waals surface area contributed by atoms with Crippen molar-refractivity contribution in [3.8, 4) is 0 Å². The molecule has 1 saturated carbocycles. The molecule has 1 aromatic heterocycles. The van der Waals surface area contributed by atoms with Gasteiger partial charge in [0.15, 0.2) is 0 Å². The smallest absolute Gasteiger partial charge is 0.303 e. The predicted octanol–water partition coefficient (Wildman–Crippen LogP) is 2.66. The van der Waals surface area contributed by atoms with Gasteiger partial charge in [-0.05, 0) is 43.9 Å². The third-order valence-electron chi connectivity index (χ3n) is 7.02. The average molecular weight is 378 g/mol. The van der Waals surface area contributed by atoms with Crippen molar-refractivity contribution in [3.05, 3.63) is 11.3 Å². The van der Waals surface area contributed by atoms with Gasteiger partial charge in [0.05, 0.1) is 0 Å². The van der Waals surface area contributed by atoms with Gasteiger partial charge in [-0.3, -0.25) is 4.79 Å². The zero-order valence-corrected chi connectivity index (χ0v) is 15.4. The second kappa shape index (κ2) is 5.75. The van der Waals surface area contributed by atoms with Gasteiger partial charge in [0.2, 0.25) is 5.95 Å². The summed E-state index contributed by atoms with van der Waals surface area (Å²) in [7, 11) is 0. The molecule has 4 fully saturated rings. The van der Waals surface area contributed by atoms with E-state index in [1.54, 1.807) is 0 Å². The molecule has 2 aliphatic carbocycles. The lowest BCUT2D eigenvalue weighted by molar-refractivity contribution is -0.141. The number of halogens is 2. The first kappa shape index (κ1) is 17.1. The highest BCUT2D eigenvalue weighted by molar-refractivity contribution is 5.67. The molecule has 27 heavy (non-hydrogen) atoms. The summed E-state index contributed by atoms with van der Waals surface area (Å²) in [6.45, 7) is 4.28. The molecule has 146 valence electrons. The number of carboxylic acid groups (broad SMARTS) is 1. The van der Waals surface area contributed by atoms with Crippen LogP contribution in [0.3, 0.4) is 0 Å². The van der Waals surface area contributed by atoms with Crippen molar-refractivity contribution >= 4 is 17.7 Å². The Morgan fingerprint density at radius 1 is 1.30 bits per heavy atom. The molecule has 3 saturated heterocycles. The van der Waals surface area contributed by atoms with Gasteiger partial charge >= 0.3 is 5.97 Å². The molecule has 1 unspecified atom stereocenters. The Bertz CT molecular complexity index is 790. The predicted molar refractivity (Wildman–Crippen MR) is 95.2 cm³/mol. The van der Waals surface area contributed by atoms with Crippen LogP contribution in [0.4, 0.5) is 20.5 Å². The Morgan fingerprint density at radius 2 is 2.04 bits per heavy atom. The van der Waals surface area contributed by atoms with Crippen molar-refractivity contribution in [1.82, 2.24) is 9.97 Å². The number of piperidine rings is 2. The number of hydrogen-bond donors (Lipinski definition) is 1. The maximum absolute atomic E-state index is 14.4. The van der Waals surface area contributed by atoms with Gasteiger partial charge < -0.3 is 14.9 Å². The van der Waals surface area contributed by atoms with Crippen molar-refractivity contribution in [2.75, 3.05) is 29.4 Å². The van der Waals surface area contributed by atoms with Crippen LogP contribution in [-0.2, 0) is 17.1 Å². The van der Waals surface area contributed by atoms with E-state index in [9.17, 15) is 13.6 Å². The molecular formula is C19H24F2N4O2. The highest BCUT2D eigenvalue weighted by Gasteiger charge is 2.50. The fraction of sp³-hybridized carbons (Fsp3) is 0.737. The molecule has 2 bridgehead atoms. The molecule has 0 spiro atoms. The highest BCUT2D eigenvalue weighted by Crippen LogP contribution is 2.50. The first-order chi connectivity index (χ1) is 12.8. The molecule has 8 heteroatoms. The molecule has 4 heterocycles. The van der Waals surface area contributed by atoms with Crippen molar-refractivity contribution < 1.29 is 18.7 Å². The number of hydrogen-bond acceptors (Lipinski definition) is 5. The molecule has 0 radical (unpaired) electrons. The maximum Gasteiger partial charge on any atom is 0.303 e. The molecule has 0 amide bonds. The summed E-state index contributed by atoms with van der Waals surface area (Å²) in [5.74, 6) is -1.71. The van der Waals surface area contributed by atoms with Crippen LogP contribution < -0.4 is 9.80 Å². The molecule has 0 aromatic carbocycles. The maximum atomic E-state index is 14.4. The van der Waals surface area contributed by atoms with Crippen LogP contribution in [-0.4, -0.2) is 46.7 Å². The number of aromatic nitrogens is 2. The van der Waals surface area contributed by atoms with Gasteiger partial charge in [0, 0.05) is 44.1 Å². The standard InChI is InChI=1S/C19H24F2N4O2/c1-10-3-5-25(10)18-22-16-13(2-4-19(16,20)21)17(23-18)24-8-11-6-12(9-24)14(11)7-15(26)27/h10-12,14H,2-9H2,1H3,(H,26,27)/t10-,11-,12+,14?/m0/s1. The lowest BCUT2D eigenvalue weighted by Crippen LogP contribution is -2.56. The second-order valence-electron chi connectivity index (χ2n) is 8.63. The Labute approximate surface area is 156 Å². The summed E-state index contributed by atoms with van der Waals surface area (Å²) < 4.78 is 28.9. The molecule has 5 aliphatic rings. The largest absolute Gasteiger partial charge is 0.481 e. The van der Waals surface area contributed by atoms with Crippen LogP contribution in [0.15, 0.2) is 0 Å². The topological polar surface area (TPSA) is 69.6 Å². The number of aliphatic carboxylic acids is 1. The zero-order chi connectivity index (χ0) is 18.9.